The van der Waals surface area contributed by atoms with E-state index in [4.69, 9.17) is 19.4 Å². The monoisotopic (exact) mass is 810 g/mol. The zero-order valence-corrected chi connectivity index (χ0v) is 35.9. The molecular formula is C46H62N6O5S. The third-order valence-corrected chi connectivity index (χ3v) is 13.8. The van der Waals surface area contributed by atoms with Crippen molar-refractivity contribution in [2.75, 3.05) is 65.9 Å². The Labute approximate surface area is 348 Å². The summed E-state index contributed by atoms with van der Waals surface area (Å²) >= 11 is 1.77. The van der Waals surface area contributed by atoms with E-state index in [0.29, 0.717) is 49.2 Å². The molecule has 2 aliphatic heterocycles. The van der Waals surface area contributed by atoms with Crippen molar-refractivity contribution in [1.82, 2.24) is 24.7 Å². The van der Waals surface area contributed by atoms with Gasteiger partial charge in [0.2, 0.25) is 5.91 Å². The Morgan fingerprint density at radius 1 is 0.948 bits per heavy atom. The number of carboxylic acid groups (broad SMARTS) is 1. The molecule has 312 valence electrons. The molecule has 11 nitrogen and oxygen atoms in total. The zero-order valence-electron chi connectivity index (χ0n) is 35.0. The highest BCUT2D eigenvalue weighted by Gasteiger charge is 2.33. The van der Waals surface area contributed by atoms with E-state index in [1.807, 2.05) is 6.92 Å². The van der Waals surface area contributed by atoms with Gasteiger partial charge in [-0.1, -0.05) is 24.3 Å². The fraction of sp³-hybridized carbons (Fsp3) is 0.565. The lowest BCUT2D eigenvalue weighted by Gasteiger charge is -2.36. The van der Waals surface area contributed by atoms with Crippen LogP contribution in [0.25, 0.3) is 22.0 Å². The fourth-order valence-electron chi connectivity index (χ4n) is 9.32. The van der Waals surface area contributed by atoms with Gasteiger partial charge >= 0.3 is 6.09 Å². The second-order valence-electron chi connectivity index (χ2n) is 17.1. The van der Waals surface area contributed by atoms with E-state index in [2.05, 4.69) is 84.0 Å². The Morgan fingerprint density at radius 2 is 1.66 bits per heavy atom. The Hall–Kier alpha value is -4.26. The number of hydrogen-bond donors (Lipinski definition) is 2. The zero-order chi connectivity index (χ0) is 40.8. The number of ether oxygens (including phenoxy) is 2. The highest BCUT2D eigenvalue weighted by atomic mass is 32.1. The van der Waals surface area contributed by atoms with Crippen molar-refractivity contribution in [3.63, 3.8) is 0 Å². The quantitative estimate of drug-likeness (QED) is 0.120. The molecule has 2 N–H and O–H groups in total. The first kappa shape index (κ1) is 41.9. The SMILES string of the molecule is COc1cc2nc(C)nc(N[C@H](C)c3cc(-c4ccccc4CN(C)C)cs3)c2cc1C1CCC(C(=O)N2CCC(CCOCC3CCN(C(=O)O)CC3)CC2)CC1. The van der Waals surface area contributed by atoms with Crippen molar-refractivity contribution in [2.24, 2.45) is 17.8 Å². The minimum Gasteiger partial charge on any atom is -0.496 e. The molecule has 3 aliphatic rings. The Kier molecular flexibility index (Phi) is 13.9. The van der Waals surface area contributed by atoms with Crippen LogP contribution < -0.4 is 10.1 Å². The van der Waals surface area contributed by atoms with Gasteiger partial charge in [0.25, 0.3) is 0 Å². The van der Waals surface area contributed by atoms with Gasteiger partial charge in [-0.25, -0.2) is 14.8 Å². The smallest absolute Gasteiger partial charge is 0.407 e. The topological polar surface area (TPSA) is 120 Å². The Balaban J connectivity index is 0.929. The van der Waals surface area contributed by atoms with Gasteiger partial charge in [0.05, 0.1) is 18.7 Å². The number of aryl methyl sites for hydroxylation is 1. The van der Waals surface area contributed by atoms with Gasteiger partial charge < -0.3 is 34.6 Å². The number of likely N-dealkylation sites (tertiary alicyclic amines) is 2. The predicted octanol–water partition coefficient (Wildman–Crippen LogP) is 9.22. The van der Waals surface area contributed by atoms with E-state index in [1.165, 1.54) is 32.0 Å². The lowest BCUT2D eigenvalue weighted by Crippen LogP contribution is -2.42. The molecule has 2 aromatic heterocycles. The number of carbonyl (C=O) groups is 2. The minimum atomic E-state index is -0.820. The minimum absolute atomic E-state index is 0.0457. The lowest BCUT2D eigenvalue weighted by molar-refractivity contribution is -0.138. The van der Waals surface area contributed by atoms with Crippen molar-refractivity contribution in [2.45, 2.75) is 90.1 Å². The summed E-state index contributed by atoms with van der Waals surface area (Å²) < 4.78 is 12.0. The summed E-state index contributed by atoms with van der Waals surface area (Å²) in [6.07, 6.45) is 7.68. The van der Waals surface area contributed by atoms with Crippen LogP contribution in [0.5, 0.6) is 5.75 Å². The highest BCUT2D eigenvalue weighted by Crippen LogP contribution is 2.43. The molecule has 4 heterocycles. The van der Waals surface area contributed by atoms with Gasteiger partial charge in [-0.3, -0.25) is 4.79 Å². The normalized spacial score (nSPS) is 20.1. The Morgan fingerprint density at radius 3 is 2.36 bits per heavy atom. The van der Waals surface area contributed by atoms with Crippen LogP contribution in [-0.4, -0.2) is 102 Å². The maximum absolute atomic E-state index is 13.7. The number of amides is 2. The van der Waals surface area contributed by atoms with Crippen molar-refractivity contribution in [3.8, 4) is 16.9 Å². The molecule has 0 spiro atoms. The number of benzene rings is 2. The summed E-state index contributed by atoms with van der Waals surface area (Å²) in [5.41, 5.74) is 5.87. The maximum Gasteiger partial charge on any atom is 0.407 e. The van der Waals surface area contributed by atoms with E-state index < -0.39 is 6.09 Å². The number of nitrogens with one attached hydrogen (secondary N) is 1. The van der Waals surface area contributed by atoms with Gasteiger partial charge in [-0.2, -0.15) is 0 Å². The average molecular weight is 811 g/mol. The molecule has 1 saturated carbocycles. The van der Waals surface area contributed by atoms with Gasteiger partial charge in [-0.05, 0) is 143 Å². The summed E-state index contributed by atoms with van der Waals surface area (Å²) in [7, 11) is 5.95. The van der Waals surface area contributed by atoms with Gasteiger partial charge in [0.15, 0.2) is 0 Å². The average Bonchev–Trinajstić information content (AvgIpc) is 3.73. The van der Waals surface area contributed by atoms with E-state index in [1.54, 1.807) is 18.4 Å². The second-order valence-corrected chi connectivity index (χ2v) is 18.1. The van der Waals surface area contributed by atoms with Gasteiger partial charge in [0.1, 0.15) is 17.4 Å². The van der Waals surface area contributed by atoms with E-state index in [0.717, 1.165) is 106 Å². The number of anilines is 1. The first-order valence-electron chi connectivity index (χ1n) is 21.3. The molecule has 7 rings (SSSR count). The number of carbonyl (C=O) groups excluding carboxylic acids is 1. The van der Waals surface area contributed by atoms with Crippen LogP contribution in [0.2, 0.25) is 0 Å². The third-order valence-electron chi connectivity index (χ3n) is 12.7. The number of nitrogens with zero attached hydrogens (tertiary/aromatic N) is 5. The fourth-order valence-corrected chi connectivity index (χ4v) is 10.2. The van der Waals surface area contributed by atoms with Crippen LogP contribution in [-0.2, 0) is 16.1 Å². The molecule has 1 atom stereocenters. The van der Waals surface area contributed by atoms with E-state index >= 15 is 0 Å². The van der Waals surface area contributed by atoms with Crippen LogP contribution >= 0.6 is 11.3 Å². The first-order valence-corrected chi connectivity index (χ1v) is 22.2. The lowest BCUT2D eigenvalue weighted by atomic mass is 9.77. The number of fused-ring (bicyclic) bond motifs is 1. The van der Waals surface area contributed by atoms with Crippen LogP contribution in [0.15, 0.2) is 47.8 Å². The first-order chi connectivity index (χ1) is 28.1. The summed E-state index contributed by atoms with van der Waals surface area (Å²) in [5, 5.41) is 16.2. The molecule has 0 radical (unpaired) electrons. The molecule has 4 aromatic rings. The largest absolute Gasteiger partial charge is 0.496 e. The van der Waals surface area contributed by atoms with Crippen LogP contribution in [0.4, 0.5) is 10.6 Å². The van der Waals surface area contributed by atoms with Gasteiger partial charge in [-0.15, -0.1) is 11.3 Å². The van der Waals surface area contributed by atoms with Crippen LogP contribution in [0.3, 0.4) is 0 Å². The van der Waals surface area contributed by atoms with Crippen molar-refractivity contribution < 1.29 is 24.2 Å². The summed E-state index contributed by atoms with van der Waals surface area (Å²) in [6.45, 7) is 9.36. The molecular weight excluding hydrogens is 749 g/mol. The molecule has 0 unspecified atom stereocenters. The number of hydrogen-bond acceptors (Lipinski definition) is 9. The maximum atomic E-state index is 13.7. The molecule has 0 bridgehead atoms. The van der Waals surface area contributed by atoms with Crippen molar-refractivity contribution >= 4 is 40.1 Å². The number of rotatable bonds is 14. The number of piperidine rings is 2. The highest BCUT2D eigenvalue weighted by molar-refractivity contribution is 7.10. The van der Waals surface area contributed by atoms with E-state index in [-0.39, 0.29) is 12.0 Å². The van der Waals surface area contributed by atoms with Crippen LogP contribution in [0.1, 0.15) is 98.5 Å². The summed E-state index contributed by atoms with van der Waals surface area (Å²) in [5.74, 6) is 4.13. The summed E-state index contributed by atoms with van der Waals surface area (Å²) in [6, 6.07) is 15.3. The number of methoxy groups -OCH3 is 1. The molecule has 58 heavy (non-hydrogen) atoms. The molecule has 2 amide bonds. The molecule has 1 aliphatic carbocycles. The van der Waals surface area contributed by atoms with E-state index in [9.17, 15) is 14.7 Å². The predicted molar refractivity (Wildman–Crippen MR) is 232 cm³/mol. The summed E-state index contributed by atoms with van der Waals surface area (Å²) in [4.78, 5) is 41.7. The number of thiophene rings is 1. The molecule has 3 fully saturated rings. The second kappa shape index (κ2) is 19.2. The van der Waals surface area contributed by atoms with Crippen LogP contribution in [0, 0.1) is 24.7 Å². The third kappa shape index (κ3) is 10.1. The number of aromatic nitrogens is 2. The molecule has 2 aromatic carbocycles. The Bertz CT molecular complexity index is 2010. The van der Waals surface area contributed by atoms with Crippen molar-refractivity contribution in [3.05, 3.63) is 69.7 Å². The molecule has 12 heteroatoms. The van der Waals surface area contributed by atoms with Gasteiger partial charge in [0, 0.05) is 68.2 Å². The molecule has 2 saturated heterocycles. The van der Waals surface area contributed by atoms with Crippen molar-refractivity contribution in [1.29, 1.82) is 0 Å². The standard InChI is InChI=1S/C46H62N6O5S/c1-30(43-24-37(29-58-43)38-9-7-6-8-36(38)27-50(3)4)47-44-40-25-39(42(56-5)26-41(40)48-31(2)49-44)34-10-12-35(13-11-34)45(53)51-19-14-32(15-20-51)18-23-57-28-33-16-21-52(22-17-33)46(54)55/h6-9,24-26,29-30,32-35H,10-23,27-28H2,1-5H3,(H,54,55)(H,47,48,49)/t30-,34?,35?/m1/s1.